The van der Waals surface area contributed by atoms with Crippen molar-refractivity contribution >= 4 is 28.9 Å². The van der Waals surface area contributed by atoms with Crippen LogP contribution in [0.5, 0.6) is 0 Å². The Balaban J connectivity index is 1.66. The van der Waals surface area contributed by atoms with Crippen LogP contribution >= 0.6 is 0 Å². The third-order valence-electron chi connectivity index (χ3n) is 4.01. The summed E-state index contributed by atoms with van der Waals surface area (Å²) >= 11 is 0. The Labute approximate surface area is 175 Å². The zero-order valence-electron chi connectivity index (χ0n) is 18.1. The first-order chi connectivity index (χ1) is 14.0. The molecule has 0 spiro atoms. The molecule has 10 heteroatoms. The van der Waals surface area contributed by atoms with E-state index >= 15 is 0 Å². The zero-order chi connectivity index (χ0) is 22.4. The number of hydrogen-bond acceptors (Lipinski definition) is 6. The molecule has 10 nitrogen and oxygen atoms in total. The van der Waals surface area contributed by atoms with E-state index in [0.29, 0.717) is 29.6 Å². The van der Waals surface area contributed by atoms with Gasteiger partial charge in [0.05, 0.1) is 5.54 Å². The first-order valence-electron chi connectivity index (χ1n) is 9.82. The molecule has 4 N–H and O–H groups in total. The number of carbonyl (C=O) groups is 3. The molecule has 3 amide bonds. The zero-order valence-corrected chi connectivity index (χ0v) is 18.1. The second-order valence-corrected chi connectivity index (χ2v) is 8.67. The lowest BCUT2D eigenvalue weighted by molar-refractivity contribution is -0.121. The predicted octanol–water partition coefficient (Wildman–Crippen LogP) is 1.89. The molecule has 1 aromatic carbocycles. The number of rotatable bonds is 8. The summed E-state index contributed by atoms with van der Waals surface area (Å²) in [6, 6.07) is 5.04. The van der Waals surface area contributed by atoms with E-state index in [-0.39, 0.29) is 24.8 Å². The largest absolute Gasteiger partial charge is 0.444 e. The van der Waals surface area contributed by atoms with Crippen LogP contribution in [-0.4, -0.2) is 57.5 Å². The molecule has 0 atom stereocenters. The SMILES string of the molecule is CC(C)(CNC(=O)CCCNC(=O)c1ccc2n[nH]nc2c1)NC(=O)OC(C)(C)C. The Hall–Kier alpha value is -3.17. The first-order valence-corrected chi connectivity index (χ1v) is 9.82. The van der Waals surface area contributed by atoms with E-state index in [1.165, 1.54) is 0 Å². The van der Waals surface area contributed by atoms with E-state index in [9.17, 15) is 14.4 Å². The Bertz CT molecular complexity index is 900. The number of nitrogens with zero attached hydrogens (tertiary/aromatic N) is 2. The van der Waals surface area contributed by atoms with Crippen LogP contribution < -0.4 is 16.0 Å². The van der Waals surface area contributed by atoms with E-state index in [4.69, 9.17) is 4.74 Å². The molecule has 2 rings (SSSR count). The average Bonchev–Trinajstić information content (AvgIpc) is 3.09. The van der Waals surface area contributed by atoms with Crippen molar-refractivity contribution in [1.82, 2.24) is 31.4 Å². The van der Waals surface area contributed by atoms with Gasteiger partial charge >= 0.3 is 6.09 Å². The minimum absolute atomic E-state index is 0.160. The third kappa shape index (κ3) is 7.69. The van der Waals surface area contributed by atoms with Crippen LogP contribution in [0.15, 0.2) is 18.2 Å². The quantitative estimate of drug-likeness (QED) is 0.483. The maximum atomic E-state index is 12.2. The highest BCUT2D eigenvalue weighted by molar-refractivity contribution is 5.97. The number of carbonyl (C=O) groups excluding carboxylic acids is 3. The van der Waals surface area contributed by atoms with Gasteiger partial charge in [-0.15, -0.1) is 0 Å². The van der Waals surface area contributed by atoms with Crippen molar-refractivity contribution in [3.63, 3.8) is 0 Å². The van der Waals surface area contributed by atoms with Crippen molar-refractivity contribution < 1.29 is 19.1 Å². The summed E-state index contributed by atoms with van der Waals surface area (Å²) in [5.74, 6) is -0.393. The number of fused-ring (bicyclic) bond motifs is 1. The number of benzene rings is 1. The second kappa shape index (κ2) is 9.55. The van der Waals surface area contributed by atoms with Gasteiger partial charge in [0.2, 0.25) is 5.91 Å². The normalized spacial score (nSPS) is 11.8. The number of amides is 3. The van der Waals surface area contributed by atoms with Crippen LogP contribution in [0.1, 0.15) is 57.8 Å². The number of aromatic amines is 1. The number of ether oxygens (including phenoxy) is 1. The minimum atomic E-state index is -0.661. The van der Waals surface area contributed by atoms with E-state index in [1.807, 2.05) is 0 Å². The van der Waals surface area contributed by atoms with Gasteiger partial charge in [-0.05, 0) is 59.2 Å². The van der Waals surface area contributed by atoms with E-state index < -0.39 is 17.2 Å². The number of alkyl carbamates (subject to hydrolysis) is 1. The summed E-state index contributed by atoms with van der Waals surface area (Å²) in [6.45, 7) is 9.57. The maximum absolute atomic E-state index is 12.2. The standard InChI is InChI=1S/C20H30N6O4/c1-19(2,3)30-18(29)23-20(4,5)12-22-16(27)7-6-10-21-17(28)13-8-9-14-15(11-13)25-26-24-14/h8-9,11H,6-7,10,12H2,1-5H3,(H,21,28)(H,22,27)(H,23,29)(H,24,25,26). The molecule has 164 valence electrons. The molecular formula is C20H30N6O4. The van der Waals surface area contributed by atoms with Gasteiger partial charge in [-0.25, -0.2) is 4.79 Å². The third-order valence-corrected chi connectivity index (χ3v) is 4.01. The van der Waals surface area contributed by atoms with Gasteiger partial charge in [0.1, 0.15) is 16.6 Å². The van der Waals surface area contributed by atoms with Crippen LogP contribution in [0.2, 0.25) is 0 Å². The number of nitrogens with one attached hydrogen (secondary N) is 4. The topological polar surface area (TPSA) is 138 Å². The molecule has 0 unspecified atom stereocenters. The molecule has 0 saturated heterocycles. The molecule has 0 radical (unpaired) electrons. The molecule has 2 aromatic rings. The fraction of sp³-hybridized carbons (Fsp3) is 0.550. The lowest BCUT2D eigenvalue weighted by Gasteiger charge is -2.28. The van der Waals surface area contributed by atoms with Crippen molar-refractivity contribution in [2.75, 3.05) is 13.1 Å². The summed E-state index contributed by atoms with van der Waals surface area (Å²) in [6.07, 6.45) is 0.211. The maximum Gasteiger partial charge on any atom is 0.408 e. The lowest BCUT2D eigenvalue weighted by Crippen LogP contribution is -2.52. The molecular weight excluding hydrogens is 388 g/mol. The average molecular weight is 418 g/mol. The highest BCUT2D eigenvalue weighted by Crippen LogP contribution is 2.11. The lowest BCUT2D eigenvalue weighted by atomic mass is 10.1. The predicted molar refractivity (Wildman–Crippen MR) is 112 cm³/mol. The monoisotopic (exact) mass is 418 g/mol. The fourth-order valence-electron chi connectivity index (χ4n) is 2.57. The van der Waals surface area contributed by atoms with Gasteiger partial charge in [0.25, 0.3) is 5.91 Å². The molecule has 0 aliphatic heterocycles. The minimum Gasteiger partial charge on any atom is -0.444 e. The highest BCUT2D eigenvalue weighted by Gasteiger charge is 2.25. The Morgan fingerprint density at radius 2 is 1.73 bits per heavy atom. The molecule has 0 aliphatic rings. The smallest absolute Gasteiger partial charge is 0.408 e. The van der Waals surface area contributed by atoms with Gasteiger partial charge in [-0.2, -0.15) is 15.4 Å². The molecule has 0 aliphatic carbocycles. The Kier molecular flexibility index (Phi) is 7.36. The van der Waals surface area contributed by atoms with Crippen molar-refractivity contribution in [2.24, 2.45) is 0 Å². The molecule has 0 saturated carbocycles. The van der Waals surface area contributed by atoms with E-state index in [0.717, 1.165) is 0 Å². The number of aromatic nitrogens is 3. The summed E-state index contributed by atoms with van der Waals surface area (Å²) in [5.41, 5.74) is 0.536. The molecule has 1 heterocycles. The van der Waals surface area contributed by atoms with Crippen LogP contribution in [0.4, 0.5) is 4.79 Å². The first kappa shape index (κ1) is 23.1. The van der Waals surface area contributed by atoms with Gasteiger partial charge in [-0.1, -0.05) is 0 Å². The van der Waals surface area contributed by atoms with Crippen LogP contribution in [-0.2, 0) is 9.53 Å². The van der Waals surface area contributed by atoms with Crippen LogP contribution in [0.25, 0.3) is 11.0 Å². The van der Waals surface area contributed by atoms with Crippen molar-refractivity contribution in [3.05, 3.63) is 23.8 Å². The van der Waals surface area contributed by atoms with Gasteiger partial charge in [0, 0.05) is 25.1 Å². The molecule has 30 heavy (non-hydrogen) atoms. The van der Waals surface area contributed by atoms with Gasteiger partial charge < -0.3 is 20.7 Å². The van der Waals surface area contributed by atoms with Gasteiger partial charge in [0.15, 0.2) is 0 Å². The Morgan fingerprint density at radius 1 is 1.03 bits per heavy atom. The summed E-state index contributed by atoms with van der Waals surface area (Å²) in [4.78, 5) is 36.1. The summed E-state index contributed by atoms with van der Waals surface area (Å²) in [7, 11) is 0. The Morgan fingerprint density at radius 3 is 2.43 bits per heavy atom. The second-order valence-electron chi connectivity index (χ2n) is 8.67. The van der Waals surface area contributed by atoms with E-state index in [2.05, 4.69) is 31.4 Å². The van der Waals surface area contributed by atoms with Crippen LogP contribution in [0, 0.1) is 0 Å². The molecule has 0 fully saturated rings. The fourth-order valence-corrected chi connectivity index (χ4v) is 2.57. The van der Waals surface area contributed by atoms with Crippen molar-refractivity contribution in [1.29, 1.82) is 0 Å². The summed E-state index contributed by atoms with van der Waals surface area (Å²) < 4.78 is 5.23. The van der Waals surface area contributed by atoms with E-state index in [1.54, 1.807) is 52.8 Å². The number of H-pyrrole nitrogens is 1. The molecule has 1 aromatic heterocycles. The molecule has 0 bridgehead atoms. The van der Waals surface area contributed by atoms with Crippen molar-refractivity contribution in [3.8, 4) is 0 Å². The van der Waals surface area contributed by atoms with Crippen molar-refractivity contribution in [2.45, 2.75) is 58.6 Å². The number of hydrogen-bond donors (Lipinski definition) is 4. The van der Waals surface area contributed by atoms with Gasteiger partial charge in [-0.3, -0.25) is 9.59 Å². The summed E-state index contributed by atoms with van der Waals surface area (Å²) in [5, 5.41) is 18.7. The van der Waals surface area contributed by atoms with Crippen LogP contribution in [0.3, 0.4) is 0 Å². The highest BCUT2D eigenvalue weighted by atomic mass is 16.6.